The van der Waals surface area contributed by atoms with Crippen LogP contribution in [-0.2, 0) is 11.4 Å². The van der Waals surface area contributed by atoms with Crippen molar-refractivity contribution in [2.75, 3.05) is 13.1 Å². The number of hydrogen-bond donors (Lipinski definition) is 1. The summed E-state index contributed by atoms with van der Waals surface area (Å²) in [5, 5.41) is 4.53. The zero-order chi connectivity index (χ0) is 23.8. The molecule has 0 spiro atoms. The molecule has 4 rings (SSSR count). The van der Waals surface area contributed by atoms with E-state index in [0.717, 1.165) is 16.9 Å². The van der Waals surface area contributed by atoms with Crippen molar-refractivity contribution in [1.29, 1.82) is 0 Å². The summed E-state index contributed by atoms with van der Waals surface area (Å²) in [5.74, 6) is 0.354. The van der Waals surface area contributed by atoms with E-state index < -0.39 is 0 Å². The average Bonchev–Trinajstić information content (AvgIpc) is 2.89. The van der Waals surface area contributed by atoms with Crippen LogP contribution in [0.2, 0.25) is 5.02 Å². The van der Waals surface area contributed by atoms with Crippen molar-refractivity contribution in [1.82, 2.24) is 10.3 Å². The molecule has 6 nitrogen and oxygen atoms in total. The van der Waals surface area contributed by atoms with E-state index in [1.807, 2.05) is 54.6 Å². The summed E-state index contributed by atoms with van der Waals surface area (Å²) in [7, 11) is 0. The van der Waals surface area contributed by atoms with Crippen LogP contribution in [0.3, 0.4) is 0 Å². The fourth-order valence-electron chi connectivity index (χ4n) is 3.80. The van der Waals surface area contributed by atoms with Crippen molar-refractivity contribution < 1.29 is 14.3 Å². The summed E-state index contributed by atoms with van der Waals surface area (Å²) in [4.78, 5) is 26.9. The van der Waals surface area contributed by atoms with Gasteiger partial charge in [0.15, 0.2) is 0 Å². The molecule has 0 saturated carbocycles. The number of likely N-dealkylation sites (tertiary alicyclic amines) is 1. The first-order chi connectivity index (χ1) is 16.6. The topological polar surface area (TPSA) is 71.0 Å². The second kappa shape index (κ2) is 11.5. The van der Waals surface area contributed by atoms with E-state index in [1.165, 1.54) is 0 Å². The predicted octanol–water partition coefficient (Wildman–Crippen LogP) is 4.92. The minimum atomic E-state index is -0.179. The molecule has 1 saturated heterocycles. The second-order valence-corrected chi connectivity index (χ2v) is 8.53. The number of rotatable bonds is 7. The number of nitrogens with zero attached hydrogens (tertiary/aromatic N) is 2. The number of amides is 2. The van der Waals surface area contributed by atoms with Crippen molar-refractivity contribution >= 4 is 29.6 Å². The van der Waals surface area contributed by atoms with Gasteiger partial charge in [-0.05, 0) is 60.4 Å². The van der Waals surface area contributed by atoms with Gasteiger partial charge in [-0.15, -0.1) is 0 Å². The van der Waals surface area contributed by atoms with E-state index in [0.29, 0.717) is 43.1 Å². The highest BCUT2D eigenvalue weighted by atomic mass is 35.5. The molecule has 7 heteroatoms. The van der Waals surface area contributed by atoms with E-state index in [-0.39, 0.29) is 17.7 Å². The fraction of sp³-hybridized carbons (Fsp3) is 0.222. The van der Waals surface area contributed by atoms with Gasteiger partial charge >= 0.3 is 0 Å². The molecule has 3 aromatic rings. The number of benzene rings is 3. The van der Waals surface area contributed by atoms with Crippen LogP contribution in [0.4, 0.5) is 0 Å². The third-order valence-corrected chi connectivity index (χ3v) is 6.10. The van der Waals surface area contributed by atoms with Crippen LogP contribution in [0.25, 0.3) is 0 Å². The predicted molar refractivity (Wildman–Crippen MR) is 133 cm³/mol. The number of nitrogens with one attached hydrogen (secondary N) is 1. The van der Waals surface area contributed by atoms with Gasteiger partial charge in [0.05, 0.1) is 16.8 Å². The number of halogens is 1. The van der Waals surface area contributed by atoms with Crippen LogP contribution in [-0.4, -0.2) is 36.0 Å². The normalized spacial score (nSPS) is 14.2. The molecular formula is C27H26ClN3O3. The Labute approximate surface area is 204 Å². The van der Waals surface area contributed by atoms with Crippen LogP contribution in [0.15, 0.2) is 84.0 Å². The molecule has 0 aromatic heterocycles. The summed E-state index contributed by atoms with van der Waals surface area (Å²) in [5.41, 5.74) is 5.08. The fourth-order valence-corrected chi connectivity index (χ4v) is 4.02. The van der Waals surface area contributed by atoms with Crippen molar-refractivity contribution in [3.05, 3.63) is 101 Å². The van der Waals surface area contributed by atoms with Crippen LogP contribution >= 0.6 is 11.6 Å². The van der Waals surface area contributed by atoms with Gasteiger partial charge in [-0.1, -0.05) is 54.1 Å². The minimum absolute atomic E-state index is 0.0985. The molecule has 3 aromatic carbocycles. The molecule has 34 heavy (non-hydrogen) atoms. The quantitative estimate of drug-likeness (QED) is 0.389. The standard InChI is InChI=1S/C27H26ClN3O3/c28-25-9-5-4-8-24(25)27(33)31-16-14-22(15-17-31)26(32)30-29-18-20-10-12-23(13-11-20)34-19-21-6-2-1-3-7-21/h1-13,18,22H,14-17,19H2,(H,30,32)/b29-18-. The van der Waals surface area contributed by atoms with Gasteiger partial charge in [-0.3, -0.25) is 9.59 Å². The molecule has 1 N–H and O–H groups in total. The number of ether oxygens (including phenoxy) is 1. The van der Waals surface area contributed by atoms with Gasteiger partial charge in [0, 0.05) is 19.0 Å². The highest BCUT2D eigenvalue weighted by Crippen LogP contribution is 2.22. The maximum Gasteiger partial charge on any atom is 0.255 e. The van der Waals surface area contributed by atoms with E-state index >= 15 is 0 Å². The van der Waals surface area contributed by atoms with Crippen molar-refractivity contribution in [3.63, 3.8) is 0 Å². The van der Waals surface area contributed by atoms with Gasteiger partial charge in [0.1, 0.15) is 12.4 Å². The molecule has 1 fully saturated rings. The Morgan fingerprint density at radius 3 is 2.35 bits per heavy atom. The third kappa shape index (κ3) is 6.23. The highest BCUT2D eigenvalue weighted by Gasteiger charge is 2.28. The van der Waals surface area contributed by atoms with Gasteiger partial charge < -0.3 is 9.64 Å². The number of carbonyl (C=O) groups excluding carboxylic acids is 2. The third-order valence-electron chi connectivity index (χ3n) is 5.77. The average molecular weight is 476 g/mol. The Bertz CT molecular complexity index is 1140. The van der Waals surface area contributed by atoms with E-state index in [1.54, 1.807) is 35.4 Å². The maximum atomic E-state index is 12.7. The lowest BCUT2D eigenvalue weighted by Crippen LogP contribution is -2.42. The summed E-state index contributed by atoms with van der Waals surface area (Å²) in [6.45, 7) is 1.53. The van der Waals surface area contributed by atoms with Gasteiger partial charge in [0.2, 0.25) is 5.91 Å². The zero-order valence-electron chi connectivity index (χ0n) is 18.7. The Hall–Kier alpha value is -3.64. The molecule has 0 radical (unpaired) electrons. The Morgan fingerprint density at radius 2 is 1.65 bits per heavy atom. The van der Waals surface area contributed by atoms with Crippen molar-refractivity contribution in [3.8, 4) is 5.75 Å². The number of piperidine rings is 1. The van der Waals surface area contributed by atoms with Crippen molar-refractivity contribution in [2.24, 2.45) is 11.0 Å². The lowest BCUT2D eigenvalue weighted by molar-refractivity contribution is -0.126. The van der Waals surface area contributed by atoms with Crippen molar-refractivity contribution in [2.45, 2.75) is 19.4 Å². The van der Waals surface area contributed by atoms with Gasteiger partial charge in [-0.25, -0.2) is 5.43 Å². The molecule has 0 aliphatic carbocycles. The Morgan fingerprint density at radius 1 is 0.971 bits per heavy atom. The Kier molecular flexibility index (Phi) is 7.94. The van der Waals surface area contributed by atoms with Crippen LogP contribution in [0.5, 0.6) is 5.75 Å². The molecule has 2 amide bonds. The minimum Gasteiger partial charge on any atom is -0.489 e. The molecule has 0 unspecified atom stereocenters. The molecule has 1 aliphatic heterocycles. The van der Waals surface area contributed by atoms with Crippen LogP contribution < -0.4 is 10.2 Å². The first-order valence-corrected chi connectivity index (χ1v) is 11.6. The molecule has 0 bridgehead atoms. The summed E-state index contributed by atoms with van der Waals surface area (Å²) in [6, 6.07) is 24.5. The summed E-state index contributed by atoms with van der Waals surface area (Å²) in [6.07, 6.45) is 2.78. The first kappa shape index (κ1) is 23.5. The largest absolute Gasteiger partial charge is 0.489 e. The van der Waals surface area contributed by atoms with Crippen LogP contribution in [0, 0.1) is 5.92 Å². The zero-order valence-corrected chi connectivity index (χ0v) is 19.4. The number of hydrogen-bond acceptors (Lipinski definition) is 4. The maximum absolute atomic E-state index is 12.7. The van der Waals surface area contributed by atoms with E-state index in [4.69, 9.17) is 16.3 Å². The SMILES string of the molecule is O=C(N/N=C\c1ccc(OCc2ccccc2)cc1)C1CCN(C(=O)c2ccccc2Cl)CC1. The van der Waals surface area contributed by atoms with Crippen LogP contribution in [0.1, 0.15) is 34.3 Å². The van der Waals surface area contributed by atoms with Gasteiger partial charge in [0.25, 0.3) is 5.91 Å². The summed E-state index contributed by atoms with van der Waals surface area (Å²) < 4.78 is 5.78. The highest BCUT2D eigenvalue weighted by molar-refractivity contribution is 6.33. The molecule has 174 valence electrons. The Balaban J connectivity index is 1.21. The molecule has 1 heterocycles. The van der Waals surface area contributed by atoms with E-state index in [9.17, 15) is 9.59 Å². The first-order valence-electron chi connectivity index (χ1n) is 11.2. The van der Waals surface area contributed by atoms with Gasteiger partial charge in [-0.2, -0.15) is 5.10 Å². The lowest BCUT2D eigenvalue weighted by atomic mass is 9.95. The molecule has 0 atom stereocenters. The summed E-state index contributed by atoms with van der Waals surface area (Å²) >= 11 is 6.14. The monoisotopic (exact) mass is 475 g/mol. The second-order valence-electron chi connectivity index (χ2n) is 8.12. The molecular weight excluding hydrogens is 450 g/mol. The molecule has 1 aliphatic rings. The number of carbonyl (C=O) groups is 2. The smallest absolute Gasteiger partial charge is 0.255 e. The van der Waals surface area contributed by atoms with E-state index in [2.05, 4.69) is 10.5 Å². The lowest BCUT2D eigenvalue weighted by Gasteiger charge is -2.31. The number of hydrazone groups is 1.